The SMILES string of the molecule is CC(=O)C[C@H]1[C@@H]2CNC[C@@H]21. The first kappa shape index (κ1) is 6.35. The summed E-state index contributed by atoms with van der Waals surface area (Å²) >= 11 is 0. The molecule has 0 radical (unpaired) electrons. The Morgan fingerprint density at radius 3 is 2.60 bits per heavy atom. The van der Waals surface area contributed by atoms with E-state index in [1.165, 1.54) is 0 Å². The Hall–Kier alpha value is -0.370. The second-order valence-electron chi connectivity index (χ2n) is 3.56. The van der Waals surface area contributed by atoms with Gasteiger partial charge in [0.25, 0.3) is 0 Å². The standard InChI is InChI=1S/C8H13NO/c1-5(10)2-6-7-3-9-4-8(6)7/h6-9H,2-4H2,1H3/t6-,7-,8+. The normalized spacial score (nSPS) is 43.1. The predicted molar refractivity (Wildman–Crippen MR) is 38.6 cm³/mol. The molecule has 0 aromatic rings. The van der Waals surface area contributed by atoms with Crippen molar-refractivity contribution in [3.8, 4) is 0 Å². The zero-order valence-electron chi connectivity index (χ0n) is 6.26. The number of fused-ring (bicyclic) bond motifs is 1. The summed E-state index contributed by atoms with van der Waals surface area (Å²) in [5.74, 6) is 2.81. The molecule has 0 bridgehead atoms. The van der Waals surface area contributed by atoms with Crippen LogP contribution in [0.4, 0.5) is 0 Å². The molecular weight excluding hydrogens is 126 g/mol. The van der Waals surface area contributed by atoms with E-state index in [0.717, 1.165) is 37.3 Å². The number of rotatable bonds is 2. The van der Waals surface area contributed by atoms with Crippen molar-refractivity contribution < 1.29 is 4.79 Å². The van der Waals surface area contributed by atoms with Gasteiger partial charge in [-0.2, -0.15) is 0 Å². The summed E-state index contributed by atoms with van der Waals surface area (Å²) in [5.41, 5.74) is 0. The van der Waals surface area contributed by atoms with Gasteiger partial charge < -0.3 is 10.1 Å². The monoisotopic (exact) mass is 139 g/mol. The van der Waals surface area contributed by atoms with E-state index in [2.05, 4.69) is 5.32 Å². The fraction of sp³-hybridized carbons (Fsp3) is 0.875. The highest BCUT2D eigenvalue weighted by molar-refractivity contribution is 5.76. The molecule has 1 aliphatic carbocycles. The maximum atomic E-state index is 10.7. The number of Topliss-reactive ketones (excluding diaryl/α,β-unsaturated/α-hetero) is 1. The number of hydrogen-bond donors (Lipinski definition) is 1. The van der Waals surface area contributed by atoms with Crippen LogP contribution in [-0.4, -0.2) is 18.9 Å². The Morgan fingerprint density at radius 1 is 1.50 bits per heavy atom. The minimum atomic E-state index is 0.361. The molecule has 0 spiro atoms. The summed E-state index contributed by atoms with van der Waals surface area (Å²) in [7, 11) is 0. The van der Waals surface area contributed by atoms with E-state index in [1.807, 2.05) is 0 Å². The minimum absolute atomic E-state index is 0.361. The van der Waals surface area contributed by atoms with Gasteiger partial charge in [-0.3, -0.25) is 0 Å². The Morgan fingerprint density at radius 2 is 2.10 bits per heavy atom. The topological polar surface area (TPSA) is 29.1 Å². The molecule has 0 aromatic carbocycles. The van der Waals surface area contributed by atoms with Crippen molar-refractivity contribution in [2.75, 3.05) is 13.1 Å². The van der Waals surface area contributed by atoms with Crippen molar-refractivity contribution in [1.29, 1.82) is 0 Å². The number of ketones is 1. The Labute approximate surface area is 61.0 Å². The summed E-state index contributed by atoms with van der Waals surface area (Å²) in [5, 5.41) is 3.31. The summed E-state index contributed by atoms with van der Waals surface area (Å²) in [6.45, 7) is 4.01. The first-order valence-corrected chi connectivity index (χ1v) is 3.99. The fourth-order valence-corrected chi connectivity index (χ4v) is 2.18. The van der Waals surface area contributed by atoms with Crippen LogP contribution >= 0.6 is 0 Å². The van der Waals surface area contributed by atoms with Gasteiger partial charge in [-0.1, -0.05) is 0 Å². The predicted octanol–water partition coefficient (Wildman–Crippen LogP) is 0.431. The summed E-state index contributed by atoms with van der Waals surface area (Å²) in [6, 6.07) is 0. The maximum absolute atomic E-state index is 10.7. The zero-order valence-corrected chi connectivity index (χ0v) is 6.26. The molecule has 2 aliphatic rings. The third-order valence-electron chi connectivity index (χ3n) is 2.79. The lowest BCUT2D eigenvalue weighted by Gasteiger charge is -1.99. The van der Waals surface area contributed by atoms with Crippen LogP contribution < -0.4 is 5.32 Å². The van der Waals surface area contributed by atoms with Crippen LogP contribution in [-0.2, 0) is 4.79 Å². The molecule has 2 nitrogen and oxygen atoms in total. The van der Waals surface area contributed by atoms with Gasteiger partial charge in [0.15, 0.2) is 0 Å². The highest BCUT2D eigenvalue weighted by Crippen LogP contribution is 2.50. The fourth-order valence-electron chi connectivity index (χ4n) is 2.18. The van der Waals surface area contributed by atoms with Gasteiger partial charge >= 0.3 is 0 Å². The molecular formula is C8H13NO. The van der Waals surface area contributed by atoms with Gasteiger partial charge in [0.2, 0.25) is 0 Å². The van der Waals surface area contributed by atoms with Gasteiger partial charge in [-0.05, 0) is 37.8 Å². The van der Waals surface area contributed by atoms with Crippen molar-refractivity contribution in [3.63, 3.8) is 0 Å². The number of nitrogens with one attached hydrogen (secondary N) is 1. The van der Waals surface area contributed by atoms with Gasteiger partial charge in [0, 0.05) is 6.42 Å². The van der Waals surface area contributed by atoms with Crippen LogP contribution in [0.25, 0.3) is 0 Å². The quantitative estimate of drug-likeness (QED) is 0.601. The highest BCUT2D eigenvalue weighted by Gasteiger charge is 2.52. The van der Waals surface area contributed by atoms with E-state index < -0.39 is 0 Å². The molecule has 1 aliphatic heterocycles. The van der Waals surface area contributed by atoms with Crippen LogP contribution in [0.1, 0.15) is 13.3 Å². The highest BCUT2D eigenvalue weighted by atomic mass is 16.1. The first-order chi connectivity index (χ1) is 4.79. The molecule has 0 amide bonds. The van der Waals surface area contributed by atoms with E-state index in [1.54, 1.807) is 6.92 Å². The minimum Gasteiger partial charge on any atom is -0.316 e. The number of carbonyl (C=O) groups is 1. The Kier molecular flexibility index (Phi) is 1.31. The first-order valence-electron chi connectivity index (χ1n) is 3.99. The smallest absolute Gasteiger partial charge is 0.130 e. The molecule has 3 atom stereocenters. The van der Waals surface area contributed by atoms with Crippen LogP contribution in [0.2, 0.25) is 0 Å². The van der Waals surface area contributed by atoms with Crippen LogP contribution in [0.5, 0.6) is 0 Å². The van der Waals surface area contributed by atoms with Crippen molar-refractivity contribution in [3.05, 3.63) is 0 Å². The van der Waals surface area contributed by atoms with Gasteiger partial charge in [0.1, 0.15) is 5.78 Å². The second-order valence-corrected chi connectivity index (χ2v) is 3.56. The number of carbonyl (C=O) groups excluding carboxylic acids is 1. The van der Waals surface area contributed by atoms with Gasteiger partial charge in [-0.15, -0.1) is 0 Å². The van der Waals surface area contributed by atoms with E-state index >= 15 is 0 Å². The van der Waals surface area contributed by atoms with E-state index in [0.29, 0.717) is 5.78 Å². The lowest BCUT2D eigenvalue weighted by atomic mass is 10.1. The van der Waals surface area contributed by atoms with Crippen molar-refractivity contribution in [2.45, 2.75) is 13.3 Å². The molecule has 1 heterocycles. The molecule has 1 saturated carbocycles. The number of piperidine rings is 1. The summed E-state index contributed by atoms with van der Waals surface area (Å²) in [4.78, 5) is 10.7. The average Bonchev–Trinajstić information content (AvgIpc) is 2.40. The Balaban J connectivity index is 1.84. The molecule has 1 N–H and O–H groups in total. The lowest BCUT2D eigenvalue weighted by molar-refractivity contribution is -0.117. The number of hydrogen-bond acceptors (Lipinski definition) is 2. The van der Waals surface area contributed by atoms with Crippen molar-refractivity contribution in [1.82, 2.24) is 5.32 Å². The van der Waals surface area contributed by atoms with Crippen molar-refractivity contribution >= 4 is 5.78 Å². The van der Waals surface area contributed by atoms with E-state index in [-0.39, 0.29) is 0 Å². The molecule has 56 valence electrons. The maximum Gasteiger partial charge on any atom is 0.130 e. The van der Waals surface area contributed by atoms with Gasteiger partial charge in [0.05, 0.1) is 0 Å². The molecule has 2 rings (SSSR count). The molecule has 1 saturated heterocycles. The molecule has 2 heteroatoms. The average molecular weight is 139 g/mol. The van der Waals surface area contributed by atoms with Gasteiger partial charge in [-0.25, -0.2) is 0 Å². The van der Waals surface area contributed by atoms with Crippen molar-refractivity contribution in [2.24, 2.45) is 17.8 Å². The van der Waals surface area contributed by atoms with Crippen LogP contribution in [0.15, 0.2) is 0 Å². The lowest BCUT2D eigenvalue weighted by Crippen LogP contribution is -2.15. The Bertz CT molecular complexity index is 157. The third-order valence-corrected chi connectivity index (χ3v) is 2.79. The molecule has 2 fully saturated rings. The molecule has 0 unspecified atom stereocenters. The van der Waals surface area contributed by atoms with E-state index in [9.17, 15) is 4.79 Å². The zero-order chi connectivity index (χ0) is 7.14. The van der Waals surface area contributed by atoms with Crippen LogP contribution in [0, 0.1) is 17.8 Å². The molecule has 10 heavy (non-hydrogen) atoms. The molecule has 0 aromatic heterocycles. The largest absolute Gasteiger partial charge is 0.316 e. The van der Waals surface area contributed by atoms with E-state index in [4.69, 9.17) is 0 Å². The third kappa shape index (κ3) is 0.870. The summed E-state index contributed by atoms with van der Waals surface area (Å²) in [6.07, 6.45) is 0.830. The van der Waals surface area contributed by atoms with Crippen LogP contribution in [0.3, 0.4) is 0 Å². The summed E-state index contributed by atoms with van der Waals surface area (Å²) < 4.78 is 0. The second kappa shape index (κ2) is 2.06.